The Kier molecular flexibility index (Phi) is 8.98. The van der Waals surface area contributed by atoms with E-state index in [-0.39, 0.29) is 24.1 Å². The average Bonchev–Trinajstić information content (AvgIpc) is 3.01. The highest BCUT2D eigenvalue weighted by Crippen LogP contribution is 2.33. The molecule has 3 aromatic carbocycles. The smallest absolute Gasteiger partial charge is 0.410 e. The van der Waals surface area contributed by atoms with Crippen molar-refractivity contribution in [3.8, 4) is 11.1 Å². The number of hydrogen-bond donors (Lipinski definition) is 2. The van der Waals surface area contributed by atoms with Crippen LogP contribution in [-0.4, -0.2) is 62.4 Å². The summed E-state index contributed by atoms with van der Waals surface area (Å²) in [5.41, 5.74) is 11.5. The number of amides is 2. The Balaban J connectivity index is 1.42. The number of benzene rings is 3. The minimum absolute atomic E-state index is 0.114. The van der Waals surface area contributed by atoms with E-state index < -0.39 is 0 Å². The quantitative estimate of drug-likeness (QED) is 0.422. The first kappa shape index (κ1) is 27.7. The highest BCUT2D eigenvalue weighted by Gasteiger charge is 2.28. The highest BCUT2D eigenvalue weighted by molar-refractivity contribution is 6.06. The maximum atomic E-state index is 13.1. The SMILES string of the molecule is COC(=O)N(Cc1cccc(-c2ccc(N3CCOCC3)c(NC(=O)c3ccccc3)c2)c1)C1CCC(N)CC1. The van der Waals surface area contributed by atoms with Gasteiger partial charge in [-0.25, -0.2) is 4.79 Å². The van der Waals surface area contributed by atoms with Gasteiger partial charge in [0.1, 0.15) is 0 Å². The van der Waals surface area contributed by atoms with E-state index in [9.17, 15) is 9.59 Å². The summed E-state index contributed by atoms with van der Waals surface area (Å²) in [5, 5.41) is 3.15. The maximum Gasteiger partial charge on any atom is 0.410 e. The molecule has 5 rings (SSSR count). The summed E-state index contributed by atoms with van der Waals surface area (Å²) in [6.07, 6.45) is 3.26. The second-order valence-corrected chi connectivity index (χ2v) is 10.5. The lowest BCUT2D eigenvalue weighted by atomic mass is 9.90. The summed E-state index contributed by atoms with van der Waals surface area (Å²) in [6, 6.07) is 24.0. The summed E-state index contributed by atoms with van der Waals surface area (Å²) in [4.78, 5) is 29.9. The summed E-state index contributed by atoms with van der Waals surface area (Å²) < 4.78 is 10.7. The molecule has 40 heavy (non-hydrogen) atoms. The average molecular weight is 543 g/mol. The molecule has 0 unspecified atom stereocenters. The molecule has 1 aliphatic heterocycles. The predicted octanol–water partition coefficient (Wildman–Crippen LogP) is 5.28. The molecule has 0 bridgehead atoms. The second kappa shape index (κ2) is 13.0. The van der Waals surface area contributed by atoms with Crippen molar-refractivity contribution < 1.29 is 19.1 Å². The van der Waals surface area contributed by atoms with Crippen LogP contribution in [0.1, 0.15) is 41.6 Å². The summed E-state index contributed by atoms with van der Waals surface area (Å²) in [7, 11) is 1.43. The van der Waals surface area contributed by atoms with Crippen molar-refractivity contribution in [3.05, 3.63) is 83.9 Å². The first-order valence-corrected chi connectivity index (χ1v) is 14.0. The zero-order chi connectivity index (χ0) is 27.9. The molecule has 1 saturated heterocycles. The number of rotatable bonds is 7. The van der Waals surface area contributed by atoms with Gasteiger partial charge in [0.25, 0.3) is 5.91 Å². The van der Waals surface area contributed by atoms with Gasteiger partial charge in [0.05, 0.1) is 31.7 Å². The fraction of sp³-hybridized carbons (Fsp3) is 0.375. The van der Waals surface area contributed by atoms with Crippen molar-refractivity contribution in [2.75, 3.05) is 43.6 Å². The van der Waals surface area contributed by atoms with E-state index in [0.717, 1.165) is 66.8 Å². The molecule has 8 nitrogen and oxygen atoms in total. The molecule has 1 aliphatic carbocycles. The first-order valence-electron chi connectivity index (χ1n) is 14.0. The Morgan fingerprint density at radius 3 is 2.40 bits per heavy atom. The first-order chi connectivity index (χ1) is 19.5. The van der Waals surface area contributed by atoms with Crippen LogP contribution in [0, 0.1) is 0 Å². The van der Waals surface area contributed by atoms with Crippen LogP contribution in [0.25, 0.3) is 11.1 Å². The third-order valence-electron chi connectivity index (χ3n) is 7.84. The van der Waals surface area contributed by atoms with Gasteiger partial charge in [-0.3, -0.25) is 4.79 Å². The number of ether oxygens (including phenoxy) is 2. The molecule has 0 radical (unpaired) electrons. The number of anilines is 2. The molecule has 0 aromatic heterocycles. The topological polar surface area (TPSA) is 97.1 Å². The largest absolute Gasteiger partial charge is 0.453 e. The van der Waals surface area contributed by atoms with Crippen molar-refractivity contribution in [3.63, 3.8) is 0 Å². The molecule has 0 spiro atoms. The molecular formula is C32H38N4O4. The number of carbonyl (C=O) groups is 2. The molecule has 3 N–H and O–H groups in total. The number of carbonyl (C=O) groups excluding carboxylic acids is 2. The van der Waals surface area contributed by atoms with Gasteiger partial charge in [0, 0.05) is 37.3 Å². The molecule has 1 saturated carbocycles. The molecule has 0 atom stereocenters. The van der Waals surface area contributed by atoms with Gasteiger partial charge in [0.15, 0.2) is 0 Å². The zero-order valence-electron chi connectivity index (χ0n) is 23.1. The predicted molar refractivity (Wildman–Crippen MR) is 157 cm³/mol. The number of hydrogen-bond acceptors (Lipinski definition) is 6. The van der Waals surface area contributed by atoms with Gasteiger partial charge in [0.2, 0.25) is 0 Å². The van der Waals surface area contributed by atoms with Crippen LogP contribution in [0.2, 0.25) is 0 Å². The van der Waals surface area contributed by atoms with Crippen molar-refractivity contribution in [2.45, 2.75) is 44.3 Å². The zero-order valence-corrected chi connectivity index (χ0v) is 23.1. The molecule has 2 aliphatic rings. The third kappa shape index (κ3) is 6.63. The Morgan fingerprint density at radius 1 is 0.950 bits per heavy atom. The van der Waals surface area contributed by atoms with Crippen molar-refractivity contribution in [1.82, 2.24) is 4.90 Å². The Morgan fingerprint density at radius 2 is 1.68 bits per heavy atom. The number of morpholine rings is 1. The monoisotopic (exact) mass is 542 g/mol. The minimum Gasteiger partial charge on any atom is -0.453 e. The van der Waals surface area contributed by atoms with E-state index in [0.29, 0.717) is 25.3 Å². The molecule has 3 aromatic rings. The van der Waals surface area contributed by atoms with Crippen LogP contribution < -0.4 is 16.0 Å². The number of methoxy groups -OCH3 is 1. The van der Waals surface area contributed by atoms with Crippen LogP contribution in [0.5, 0.6) is 0 Å². The van der Waals surface area contributed by atoms with Gasteiger partial charge in [-0.15, -0.1) is 0 Å². The normalized spacial score (nSPS) is 19.1. The summed E-state index contributed by atoms with van der Waals surface area (Å²) in [5.74, 6) is -0.151. The lowest BCUT2D eigenvalue weighted by molar-refractivity contribution is 0.0879. The molecule has 2 fully saturated rings. The summed E-state index contributed by atoms with van der Waals surface area (Å²) >= 11 is 0. The number of nitrogens with one attached hydrogen (secondary N) is 1. The van der Waals surface area contributed by atoms with E-state index in [1.165, 1.54) is 7.11 Å². The lowest BCUT2D eigenvalue weighted by Crippen LogP contribution is -2.43. The Bertz CT molecular complexity index is 1300. The highest BCUT2D eigenvalue weighted by atomic mass is 16.5. The molecule has 210 valence electrons. The van der Waals surface area contributed by atoms with Crippen LogP contribution >= 0.6 is 0 Å². The molecule has 2 amide bonds. The third-order valence-corrected chi connectivity index (χ3v) is 7.84. The van der Waals surface area contributed by atoms with E-state index >= 15 is 0 Å². The number of nitrogens with zero attached hydrogens (tertiary/aromatic N) is 2. The van der Waals surface area contributed by atoms with E-state index in [1.54, 1.807) is 0 Å². The fourth-order valence-electron chi connectivity index (χ4n) is 5.60. The van der Waals surface area contributed by atoms with Crippen LogP contribution in [0.4, 0.5) is 16.2 Å². The number of nitrogens with two attached hydrogens (primary N) is 1. The second-order valence-electron chi connectivity index (χ2n) is 10.5. The molecular weight excluding hydrogens is 504 g/mol. The van der Waals surface area contributed by atoms with Gasteiger partial charge in [-0.2, -0.15) is 0 Å². The van der Waals surface area contributed by atoms with Gasteiger partial charge >= 0.3 is 6.09 Å². The van der Waals surface area contributed by atoms with Gasteiger partial charge in [-0.05, 0) is 72.7 Å². The van der Waals surface area contributed by atoms with Crippen molar-refractivity contribution in [2.24, 2.45) is 5.73 Å². The Hall–Kier alpha value is -3.88. The fourth-order valence-corrected chi connectivity index (χ4v) is 5.60. The van der Waals surface area contributed by atoms with Crippen LogP contribution in [-0.2, 0) is 16.0 Å². The summed E-state index contributed by atoms with van der Waals surface area (Å²) in [6.45, 7) is 3.29. The Labute approximate surface area is 236 Å². The van der Waals surface area contributed by atoms with E-state index in [4.69, 9.17) is 15.2 Å². The molecule has 1 heterocycles. The van der Waals surface area contributed by atoms with Crippen LogP contribution in [0.15, 0.2) is 72.8 Å². The van der Waals surface area contributed by atoms with Crippen LogP contribution in [0.3, 0.4) is 0 Å². The maximum absolute atomic E-state index is 13.1. The lowest BCUT2D eigenvalue weighted by Gasteiger charge is -2.35. The van der Waals surface area contributed by atoms with E-state index in [1.807, 2.05) is 53.4 Å². The van der Waals surface area contributed by atoms with E-state index in [2.05, 4.69) is 34.5 Å². The van der Waals surface area contributed by atoms with Gasteiger partial charge in [-0.1, -0.05) is 42.5 Å². The van der Waals surface area contributed by atoms with Crippen molar-refractivity contribution >= 4 is 23.4 Å². The molecule has 8 heteroatoms. The standard InChI is InChI=1S/C32H38N4O4/c1-39-32(38)36(28-13-11-27(33)12-14-28)22-23-6-5-9-25(20-23)26-10-15-30(35-16-18-40-19-17-35)29(21-26)34-31(37)24-7-3-2-4-8-24/h2-10,15,20-21,27-28H,11-14,16-19,22,33H2,1H3,(H,34,37). The van der Waals surface area contributed by atoms with Gasteiger partial charge < -0.3 is 30.3 Å². The minimum atomic E-state index is -0.313. The van der Waals surface area contributed by atoms with Crippen molar-refractivity contribution in [1.29, 1.82) is 0 Å².